The number of aliphatic hydroxyl groups excluding tert-OH is 1. The first kappa shape index (κ1) is 33.5. The van der Waals surface area contributed by atoms with Crippen molar-refractivity contribution < 1.29 is 14.6 Å². The van der Waals surface area contributed by atoms with Crippen LogP contribution in [0.2, 0.25) is 0 Å². The van der Waals surface area contributed by atoms with Crippen molar-refractivity contribution in [1.29, 1.82) is 0 Å². The van der Waals surface area contributed by atoms with Crippen molar-refractivity contribution >= 4 is 23.8 Å². The summed E-state index contributed by atoms with van der Waals surface area (Å²) in [6, 6.07) is 6.40. The zero-order chi connectivity index (χ0) is 24.7. The number of hydrogen-bond donors (Lipinski definition) is 1. The molecule has 1 aliphatic rings. The number of rotatable bonds is 7. The molecule has 0 amide bonds. The summed E-state index contributed by atoms with van der Waals surface area (Å²) in [5.41, 5.74) is 3.76. The lowest BCUT2D eigenvalue weighted by Crippen LogP contribution is -2.06. The Kier molecular flexibility index (Phi) is 26.1. The fraction of sp³-hybridized carbons (Fsp3) is 0.423. The smallest absolute Gasteiger partial charge is 0.152 e. The number of fused-ring (bicyclic) bond motifs is 1. The molecule has 0 aliphatic carbocycles. The highest BCUT2D eigenvalue weighted by molar-refractivity contribution is 8.01. The van der Waals surface area contributed by atoms with Crippen molar-refractivity contribution in [1.82, 2.24) is 4.31 Å². The normalized spacial score (nSPS) is 12.3. The molecule has 1 aromatic carbocycles. The van der Waals surface area contributed by atoms with E-state index in [1.54, 1.807) is 32.1 Å². The molecule has 174 valence electrons. The molecule has 0 atom stereocenters. The molecular formula is C26H41NO3S. The van der Waals surface area contributed by atoms with Crippen LogP contribution in [0.5, 0.6) is 0 Å². The highest BCUT2D eigenvalue weighted by Gasteiger charge is 2.20. The van der Waals surface area contributed by atoms with Gasteiger partial charge in [-0.15, -0.1) is 12.8 Å². The fourth-order valence-electron chi connectivity index (χ4n) is 2.38. The highest BCUT2D eigenvalue weighted by atomic mass is 32.2. The van der Waals surface area contributed by atoms with Crippen LogP contribution in [0.15, 0.2) is 47.4 Å². The van der Waals surface area contributed by atoms with Crippen LogP contribution >= 0.6 is 11.9 Å². The predicted molar refractivity (Wildman–Crippen MR) is 138 cm³/mol. The molecule has 0 saturated heterocycles. The van der Waals surface area contributed by atoms with Gasteiger partial charge >= 0.3 is 0 Å². The average Bonchev–Trinajstić information content (AvgIpc) is 3.23. The van der Waals surface area contributed by atoms with Crippen LogP contribution in [-0.2, 0) is 22.6 Å². The molecule has 0 fully saturated rings. The van der Waals surface area contributed by atoms with Gasteiger partial charge in [0.15, 0.2) is 5.78 Å². The van der Waals surface area contributed by atoms with Gasteiger partial charge in [0, 0.05) is 32.2 Å². The van der Waals surface area contributed by atoms with Crippen LogP contribution in [0.4, 0.5) is 0 Å². The van der Waals surface area contributed by atoms with Crippen LogP contribution in [0.25, 0.3) is 6.08 Å². The summed E-state index contributed by atoms with van der Waals surface area (Å²) in [5, 5.41) is 7.00. The first-order valence-electron chi connectivity index (χ1n) is 10.5. The molecule has 4 nitrogen and oxygen atoms in total. The van der Waals surface area contributed by atoms with E-state index in [0.29, 0.717) is 6.61 Å². The maximum absolute atomic E-state index is 11.1. The molecule has 1 aliphatic heterocycles. The topological polar surface area (TPSA) is 49.8 Å². The van der Waals surface area contributed by atoms with E-state index in [2.05, 4.69) is 47.5 Å². The zero-order valence-electron chi connectivity index (χ0n) is 20.5. The van der Waals surface area contributed by atoms with Gasteiger partial charge in [0.2, 0.25) is 0 Å². The van der Waals surface area contributed by atoms with E-state index >= 15 is 0 Å². The van der Waals surface area contributed by atoms with Gasteiger partial charge in [0.25, 0.3) is 0 Å². The second kappa shape index (κ2) is 24.2. The van der Waals surface area contributed by atoms with Gasteiger partial charge in [-0.05, 0) is 54.6 Å². The van der Waals surface area contributed by atoms with Gasteiger partial charge in [-0.2, -0.15) is 0 Å². The van der Waals surface area contributed by atoms with Gasteiger partial charge in [0.1, 0.15) is 0 Å². The SMILES string of the molecule is C#C.C/C=C\C(=C/COC)SN1Cc2ccc(/C=C/C(C)=O)cc2C1.CC.CC.CO. The Morgan fingerprint density at radius 3 is 2.23 bits per heavy atom. The number of carbonyl (C=O) groups excluding carboxylic acids is 1. The second-order valence-corrected chi connectivity index (χ2v) is 6.59. The molecular weight excluding hydrogens is 406 g/mol. The lowest BCUT2D eigenvalue weighted by atomic mass is 10.1. The number of methoxy groups -OCH3 is 1. The Labute approximate surface area is 195 Å². The van der Waals surface area contributed by atoms with Crippen LogP contribution in [0.3, 0.4) is 0 Å². The van der Waals surface area contributed by atoms with Crippen molar-refractivity contribution in [3.05, 3.63) is 64.1 Å². The summed E-state index contributed by atoms with van der Waals surface area (Å²) in [6.07, 6.45) is 17.7. The number of carbonyl (C=O) groups is 1. The Balaban J connectivity index is -0.000000879. The van der Waals surface area contributed by atoms with Crippen molar-refractivity contribution in [2.75, 3.05) is 20.8 Å². The Hall–Kier alpha value is -2.10. The Bertz CT molecular complexity index is 691. The van der Waals surface area contributed by atoms with Crippen molar-refractivity contribution in [2.24, 2.45) is 0 Å². The second-order valence-electron chi connectivity index (χ2n) is 5.42. The third kappa shape index (κ3) is 15.4. The number of nitrogens with zero attached hydrogens (tertiary/aromatic N) is 1. The molecule has 0 unspecified atom stereocenters. The number of hydrogen-bond acceptors (Lipinski definition) is 5. The summed E-state index contributed by atoms with van der Waals surface area (Å²) >= 11 is 1.75. The van der Waals surface area contributed by atoms with Crippen LogP contribution in [-0.4, -0.2) is 36.0 Å². The number of allylic oxidation sites excluding steroid dienone is 3. The quantitative estimate of drug-likeness (QED) is 0.231. The standard InChI is InChI=1S/C19H23NO2S.2C2H6.C2H2.CH4O/c1-4-5-19(10-11-22-3)23-20-13-17-9-8-16(7-6-15(2)21)12-18(17)14-20;4*1-2/h4-10,12H,11,13-14H2,1-3H3;2*1-2H3;1-2H;2H,1H3/b5-4-,7-6+,19-10+;;;;. The van der Waals surface area contributed by atoms with Gasteiger partial charge in [-0.3, -0.25) is 4.79 Å². The minimum Gasteiger partial charge on any atom is -0.400 e. The third-order valence-corrected chi connectivity index (χ3v) is 4.48. The van der Waals surface area contributed by atoms with Crippen LogP contribution in [0, 0.1) is 12.8 Å². The summed E-state index contributed by atoms with van der Waals surface area (Å²) < 4.78 is 7.47. The fourth-order valence-corrected chi connectivity index (χ4v) is 3.42. The third-order valence-electron chi connectivity index (χ3n) is 3.45. The van der Waals surface area contributed by atoms with Gasteiger partial charge in [0.05, 0.1) is 6.61 Å². The van der Waals surface area contributed by atoms with E-state index in [-0.39, 0.29) is 5.78 Å². The summed E-state index contributed by atoms with van der Waals surface area (Å²) in [7, 11) is 2.70. The largest absolute Gasteiger partial charge is 0.400 e. The van der Waals surface area contributed by atoms with E-state index in [0.717, 1.165) is 25.8 Å². The number of ether oxygens (including phenoxy) is 1. The first-order chi connectivity index (χ1) is 15.1. The summed E-state index contributed by atoms with van der Waals surface area (Å²) in [5.74, 6) is 0.0713. The van der Waals surface area contributed by atoms with Gasteiger partial charge in [-0.1, -0.05) is 64.1 Å². The average molecular weight is 448 g/mol. The van der Waals surface area contributed by atoms with Crippen LogP contribution in [0.1, 0.15) is 58.2 Å². The molecule has 0 spiro atoms. The number of ketones is 1. The minimum atomic E-state index is 0.0713. The molecule has 0 bridgehead atoms. The lowest BCUT2D eigenvalue weighted by molar-refractivity contribution is -0.112. The Morgan fingerprint density at radius 1 is 1.13 bits per heavy atom. The number of benzene rings is 1. The van der Waals surface area contributed by atoms with E-state index in [1.807, 2.05) is 46.8 Å². The Morgan fingerprint density at radius 2 is 1.71 bits per heavy atom. The molecule has 2 rings (SSSR count). The predicted octanol–water partition coefficient (Wildman–Crippen LogP) is 6.27. The number of aliphatic hydroxyl groups is 1. The highest BCUT2D eigenvalue weighted by Crippen LogP contribution is 2.33. The van der Waals surface area contributed by atoms with Crippen molar-refractivity contribution in [3.63, 3.8) is 0 Å². The van der Waals surface area contributed by atoms with E-state index in [1.165, 1.54) is 16.0 Å². The maximum atomic E-state index is 11.1. The van der Waals surface area contributed by atoms with Crippen LogP contribution < -0.4 is 0 Å². The summed E-state index contributed by atoms with van der Waals surface area (Å²) in [6.45, 7) is 14.0. The molecule has 31 heavy (non-hydrogen) atoms. The molecule has 0 radical (unpaired) electrons. The van der Waals surface area contributed by atoms with E-state index in [9.17, 15) is 4.79 Å². The van der Waals surface area contributed by atoms with Crippen molar-refractivity contribution in [2.45, 2.75) is 54.6 Å². The molecule has 0 aromatic heterocycles. The van der Waals surface area contributed by atoms with E-state index in [4.69, 9.17) is 9.84 Å². The van der Waals surface area contributed by atoms with Gasteiger partial charge in [-0.25, -0.2) is 4.31 Å². The summed E-state index contributed by atoms with van der Waals surface area (Å²) in [4.78, 5) is 12.2. The lowest BCUT2D eigenvalue weighted by Gasteiger charge is -2.14. The van der Waals surface area contributed by atoms with Crippen molar-refractivity contribution in [3.8, 4) is 12.8 Å². The van der Waals surface area contributed by atoms with Gasteiger partial charge < -0.3 is 9.84 Å². The molecule has 1 heterocycles. The minimum absolute atomic E-state index is 0.0713. The first-order valence-corrected chi connectivity index (χ1v) is 11.2. The molecule has 1 aromatic rings. The van der Waals surface area contributed by atoms with E-state index < -0.39 is 0 Å². The molecule has 1 N–H and O–H groups in total. The zero-order valence-corrected chi connectivity index (χ0v) is 21.3. The maximum Gasteiger partial charge on any atom is 0.152 e. The number of terminal acetylenes is 1. The molecule has 0 saturated carbocycles. The monoisotopic (exact) mass is 447 g/mol. The molecule has 5 heteroatoms.